The number of carbonyl (C=O) groups excluding carboxylic acids is 1. The number of nitrogens with two attached hydrogens (primary N) is 2. The van der Waals surface area contributed by atoms with Gasteiger partial charge in [0.25, 0.3) is 0 Å². The first-order valence-corrected chi connectivity index (χ1v) is 5.16. The minimum atomic E-state index is -0.417. The number of rotatable bonds is 3. The van der Waals surface area contributed by atoms with Gasteiger partial charge < -0.3 is 11.5 Å². The molecule has 4 N–H and O–H groups in total. The van der Waals surface area contributed by atoms with Gasteiger partial charge in [0, 0.05) is 22.0 Å². The van der Waals surface area contributed by atoms with E-state index in [9.17, 15) is 4.79 Å². The first-order valence-electron chi connectivity index (χ1n) is 3.99. The monoisotopic (exact) mass is 276 g/mol. The number of halogens is 2. The second-order valence-corrected chi connectivity index (χ2v) is 4.23. The van der Waals surface area contributed by atoms with Gasteiger partial charge in [-0.05, 0) is 17.7 Å². The number of primary amides is 1. The van der Waals surface area contributed by atoms with Gasteiger partial charge in [0.2, 0.25) is 5.91 Å². The Balaban J connectivity index is 2.90. The zero-order valence-electron chi connectivity index (χ0n) is 7.34. The summed E-state index contributed by atoms with van der Waals surface area (Å²) < 4.78 is 0.791. The lowest BCUT2D eigenvalue weighted by Gasteiger charge is -2.11. The Kier molecular flexibility index (Phi) is 3.92. The van der Waals surface area contributed by atoms with Crippen LogP contribution in [-0.4, -0.2) is 5.91 Å². The van der Waals surface area contributed by atoms with Gasteiger partial charge in [-0.2, -0.15) is 0 Å². The molecule has 0 unspecified atom stereocenters. The quantitative estimate of drug-likeness (QED) is 0.887. The second kappa shape index (κ2) is 4.77. The van der Waals surface area contributed by atoms with E-state index in [2.05, 4.69) is 15.9 Å². The van der Waals surface area contributed by atoms with Crippen LogP contribution in [0.25, 0.3) is 0 Å². The summed E-state index contributed by atoms with van der Waals surface area (Å²) in [7, 11) is 0. The fraction of sp³-hybridized carbons (Fsp3) is 0.222. The predicted octanol–water partition coefficient (Wildman–Crippen LogP) is 1.98. The molecule has 0 aliphatic carbocycles. The van der Waals surface area contributed by atoms with Crippen molar-refractivity contribution >= 4 is 33.4 Å². The van der Waals surface area contributed by atoms with Crippen molar-refractivity contribution in [3.63, 3.8) is 0 Å². The molecule has 0 aliphatic rings. The summed E-state index contributed by atoms with van der Waals surface area (Å²) in [5, 5.41) is 0.618. The Morgan fingerprint density at radius 3 is 2.71 bits per heavy atom. The fourth-order valence-electron chi connectivity index (χ4n) is 1.13. The second-order valence-electron chi connectivity index (χ2n) is 2.94. The molecule has 0 fully saturated rings. The molecule has 1 atom stereocenters. The van der Waals surface area contributed by atoms with Gasteiger partial charge in [0.15, 0.2) is 0 Å². The van der Waals surface area contributed by atoms with Crippen molar-refractivity contribution in [2.24, 2.45) is 11.5 Å². The van der Waals surface area contributed by atoms with Gasteiger partial charge in [-0.15, -0.1) is 0 Å². The standard InChI is InChI=1S/C9H10BrClN2O/c10-7-3-5(11)1-2-6(7)8(12)4-9(13)14/h1-3,8H,4,12H2,(H2,13,14)/t8-/m1/s1. The molecule has 0 heterocycles. The normalized spacial score (nSPS) is 12.5. The molecule has 1 rings (SSSR count). The highest BCUT2D eigenvalue weighted by atomic mass is 79.9. The molecule has 0 aliphatic heterocycles. The van der Waals surface area contributed by atoms with Crippen LogP contribution in [-0.2, 0) is 4.79 Å². The van der Waals surface area contributed by atoms with E-state index in [0.29, 0.717) is 5.02 Å². The average Bonchev–Trinajstić information content (AvgIpc) is 2.01. The zero-order valence-corrected chi connectivity index (χ0v) is 9.68. The van der Waals surface area contributed by atoms with Crippen LogP contribution in [0.2, 0.25) is 5.02 Å². The summed E-state index contributed by atoms with van der Waals surface area (Å²) in [5.41, 5.74) is 11.7. The van der Waals surface area contributed by atoms with Crippen molar-refractivity contribution in [1.29, 1.82) is 0 Å². The molecule has 0 radical (unpaired) electrons. The van der Waals surface area contributed by atoms with E-state index >= 15 is 0 Å². The lowest BCUT2D eigenvalue weighted by molar-refractivity contribution is -0.118. The van der Waals surface area contributed by atoms with Crippen molar-refractivity contribution in [2.45, 2.75) is 12.5 Å². The molecule has 76 valence electrons. The van der Waals surface area contributed by atoms with Crippen molar-refractivity contribution in [1.82, 2.24) is 0 Å². The first kappa shape index (κ1) is 11.5. The Hall–Kier alpha value is -0.580. The lowest BCUT2D eigenvalue weighted by atomic mass is 10.0. The molecule has 0 saturated carbocycles. The fourth-order valence-corrected chi connectivity index (χ4v) is 2.11. The average molecular weight is 278 g/mol. The number of hydrogen-bond acceptors (Lipinski definition) is 2. The Labute approximate surface area is 95.5 Å². The van der Waals surface area contributed by atoms with Crippen LogP contribution in [0, 0.1) is 0 Å². The summed E-state index contributed by atoms with van der Waals surface area (Å²) in [6, 6.07) is 4.85. The summed E-state index contributed by atoms with van der Waals surface area (Å²) in [5.74, 6) is -0.417. The molecule has 1 aromatic rings. The van der Waals surface area contributed by atoms with E-state index in [1.54, 1.807) is 18.2 Å². The van der Waals surface area contributed by atoms with Crippen LogP contribution in [0.1, 0.15) is 18.0 Å². The van der Waals surface area contributed by atoms with Gasteiger partial charge in [-0.25, -0.2) is 0 Å². The summed E-state index contributed by atoms with van der Waals surface area (Å²) >= 11 is 9.09. The van der Waals surface area contributed by atoms with E-state index in [4.69, 9.17) is 23.1 Å². The maximum Gasteiger partial charge on any atom is 0.219 e. The number of hydrogen-bond donors (Lipinski definition) is 2. The highest BCUT2D eigenvalue weighted by molar-refractivity contribution is 9.10. The van der Waals surface area contributed by atoms with Gasteiger partial charge in [-0.3, -0.25) is 4.79 Å². The molecule has 1 aromatic carbocycles. The Bertz CT molecular complexity index is 357. The van der Waals surface area contributed by atoms with Crippen molar-refractivity contribution in [3.05, 3.63) is 33.3 Å². The largest absolute Gasteiger partial charge is 0.370 e. The van der Waals surface area contributed by atoms with E-state index in [1.165, 1.54) is 0 Å². The summed E-state index contributed by atoms with van der Waals surface area (Å²) in [6.45, 7) is 0. The predicted molar refractivity (Wildman–Crippen MR) is 59.9 cm³/mol. The number of carbonyl (C=O) groups is 1. The van der Waals surface area contributed by atoms with Gasteiger partial charge in [0.05, 0.1) is 0 Å². The molecule has 3 nitrogen and oxygen atoms in total. The molecule has 5 heteroatoms. The van der Waals surface area contributed by atoms with Gasteiger partial charge >= 0.3 is 0 Å². The molecular weight excluding hydrogens is 267 g/mol. The van der Waals surface area contributed by atoms with E-state index in [1.807, 2.05) is 0 Å². The molecule has 0 spiro atoms. The van der Waals surface area contributed by atoms with Crippen LogP contribution in [0.3, 0.4) is 0 Å². The highest BCUT2D eigenvalue weighted by Crippen LogP contribution is 2.26. The van der Waals surface area contributed by atoms with Gasteiger partial charge in [-0.1, -0.05) is 33.6 Å². The summed E-state index contributed by atoms with van der Waals surface area (Å²) in [4.78, 5) is 10.7. The van der Waals surface area contributed by atoms with Crippen LogP contribution in [0.5, 0.6) is 0 Å². The maximum absolute atomic E-state index is 10.7. The summed E-state index contributed by atoms with van der Waals surface area (Å²) in [6.07, 6.45) is 0.125. The van der Waals surface area contributed by atoms with Crippen molar-refractivity contribution < 1.29 is 4.79 Å². The van der Waals surface area contributed by atoms with Gasteiger partial charge in [0.1, 0.15) is 0 Å². The third kappa shape index (κ3) is 2.97. The minimum Gasteiger partial charge on any atom is -0.370 e. The number of benzene rings is 1. The maximum atomic E-state index is 10.7. The Morgan fingerprint density at radius 2 is 2.21 bits per heavy atom. The topological polar surface area (TPSA) is 69.1 Å². The first-order chi connectivity index (χ1) is 6.50. The third-order valence-electron chi connectivity index (χ3n) is 1.78. The molecule has 0 bridgehead atoms. The smallest absolute Gasteiger partial charge is 0.219 e. The number of amides is 1. The molecule has 0 aromatic heterocycles. The molecule has 0 saturated heterocycles. The minimum absolute atomic E-state index is 0.125. The Morgan fingerprint density at radius 1 is 1.57 bits per heavy atom. The third-order valence-corrected chi connectivity index (χ3v) is 2.70. The SMILES string of the molecule is NC(=O)C[C@@H](N)c1ccc(Cl)cc1Br. The van der Waals surface area contributed by atoms with Crippen LogP contribution >= 0.6 is 27.5 Å². The lowest BCUT2D eigenvalue weighted by Crippen LogP contribution is -2.20. The van der Waals surface area contributed by atoms with Crippen molar-refractivity contribution in [3.8, 4) is 0 Å². The zero-order chi connectivity index (χ0) is 10.7. The molecule has 14 heavy (non-hydrogen) atoms. The highest BCUT2D eigenvalue weighted by Gasteiger charge is 2.12. The molecular formula is C9H10BrClN2O. The van der Waals surface area contributed by atoms with E-state index in [-0.39, 0.29) is 12.5 Å². The molecule has 1 amide bonds. The van der Waals surface area contributed by atoms with Crippen LogP contribution < -0.4 is 11.5 Å². The van der Waals surface area contributed by atoms with E-state index in [0.717, 1.165) is 10.0 Å². The van der Waals surface area contributed by atoms with E-state index < -0.39 is 5.91 Å². The van der Waals surface area contributed by atoms with Crippen LogP contribution in [0.4, 0.5) is 0 Å². The van der Waals surface area contributed by atoms with Crippen molar-refractivity contribution in [2.75, 3.05) is 0 Å². The van der Waals surface area contributed by atoms with Crippen LogP contribution in [0.15, 0.2) is 22.7 Å².